The van der Waals surface area contributed by atoms with Crippen molar-refractivity contribution < 1.29 is 29.0 Å². The van der Waals surface area contributed by atoms with Crippen molar-refractivity contribution in [2.75, 3.05) is 20.8 Å². The first-order chi connectivity index (χ1) is 13.9. The molecule has 2 amide bonds. The molecule has 1 saturated heterocycles. The van der Waals surface area contributed by atoms with E-state index in [0.29, 0.717) is 22.8 Å². The molecule has 0 radical (unpaired) electrons. The van der Waals surface area contributed by atoms with Gasteiger partial charge in [-0.15, -0.1) is 11.8 Å². The summed E-state index contributed by atoms with van der Waals surface area (Å²) in [6.07, 6.45) is 0.546. The Balaban J connectivity index is 1.68. The Labute approximate surface area is 172 Å². The fraction of sp³-hybridized carbons (Fsp3) is 0.286. The second kappa shape index (κ2) is 9.00. The molecule has 7 nitrogen and oxygen atoms in total. The lowest BCUT2D eigenvalue weighted by atomic mass is 10.1. The molecule has 0 saturated carbocycles. The van der Waals surface area contributed by atoms with Gasteiger partial charge in [0, 0.05) is 17.9 Å². The minimum absolute atomic E-state index is 0.0589. The number of benzene rings is 2. The van der Waals surface area contributed by atoms with E-state index >= 15 is 0 Å². The number of carbonyl (C=O) groups is 3. The fourth-order valence-corrected chi connectivity index (χ4v) is 4.36. The summed E-state index contributed by atoms with van der Waals surface area (Å²) >= 11 is 1.13. The molecule has 0 aliphatic carbocycles. The largest absolute Gasteiger partial charge is 0.493 e. The minimum atomic E-state index is -1.06. The van der Waals surface area contributed by atoms with Crippen LogP contribution in [0.25, 0.3) is 0 Å². The fourth-order valence-electron chi connectivity index (χ4n) is 3.16. The molecule has 0 unspecified atom stereocenters. The van der Waals surface area contributed by atoms with Crippen LogP contribution in [0, 0.1) is 0 Å². The third-order valence-corrected chi connectivity index (χ3v) is 5.92. The molecule has 3 rings (SSSR count). The quantitative estimate of drug-likeness (QED) is 0.663. The summed E-state index contributed by atoms with van der Waals surface area (Å²) in [4.78, 5) is 38.2. The SMILES string of the molecule is COc1ccc(CCN2C(=O)C[C@@H](Sc3ccccc3C(=O)O)C2=O)cc1OC. The zero-order valence-electron chi connectivity index (χ0n) is 16.1. The molecular formula is C21H21NO6S. The van der Waals surface area contributed by atoms with Crippen molar-refractivity contribution in [3.05, 3.63) is 53.6 Å². The van der Waals surface area contributed by atoms with E-state index in [-0.39, 0.29) is 30.3 Å². The molecule has 1 atom stereocenters. The van der Waals surface area contributed by atoms with E-state index in [1.54, 1.807) is 38.5 Å². The molecule has 2 aromatic rings. The van der Waals surface area contributed by atoms with Gasteiger partial charge in [0.05, 0.1) is 25.0 Å². The lowest BCUT2D eigenvalue weighted by molar-refractivity contribution is -0.138. The number of carbonyl (C=O) groups excluding carboxylic acids is 2. The number of nitrogens with zero attached hydrogens (tertiary/aromatic N) is 1. The van der Waals surface area contributed by atoms with Gasteiger partial charge in [0.2, 0.25) is 11.8 Å². The van der Waals surface area contributed by atoms with Crippen molar-refractivity contribution in [3.8, 4) is 11.5 Å². The normalized spacial score (nSPS) is 16.2. The molecule has 2 aromatic carbocycles. The van der Waals surface area contributed by atoms with Crippen LogP contribution in [-0.2, 0) is 16.0 Å². The molecule has 8 heteroatoms. The van der Waals surface area contributed by atoms with E-state index in [9.17, 15) is 19.5 Å². The summed E-state index contributed by atoms with van der Waals surface area (Å²) in [6, 6.07) is 11.9. The van der Waals surface area contributed by atoms with Gasteiger partial charge in [-0.2, -0.15) is 0 Å². The zero-order chi connectivity index (χ0) is 21.0. The maximum Gasteiger partial charge on any atom is 0.336 e. The van der Waals surface area contributed by atoms with Crippen molar-refractivity contribution in [1.29, 1.82) is 0 Å². The first-order valence-corrected chi connectivity index (χ1v) is 9.86. The van der Waals surface area contributed by atoms with Gasteiger partial charge < -0.3 is 14.6 Å². The van der Waals surface area contributed by atoms with Gasteiger partial charge in [-0.1, -0.05) is 18.2 Å². The van der Waals surface area contributed by atoms with Gasteiger partial charge in [-0.25, -0.2) is 4.79 Å². The number of aromatic carboxylic acids is 1. The number of thioether (sulfide) groups is 1. The molecule has 152 valence electrons. The van der Waals surface area contributed by atoms with Crippen LogP contribution in [0.5, 0.6) is 11.5 Å². The number of hydrogen-bond acceptors (Lipinski definition) is 6. The van der Waals surface area contributed by atoms with Gasteiger partial charge >= 0.3 is 5.97 Å². The standard InChI is InChI=1S/C21H21NO6S/c1-27-15-8-7-13(11-16(15)28-2)9-10-22-19(23)12-18(20(22)24)29-17-6-4-3-5-14(17)21(25)26/h3-8,11,18H,9-10,12H2,1-2H3,(H,25,26)/t18-/m1/s1. The highest BCUT2D eigenvalue weighted by atomic mass is 32.2. The van der Waals surface area contributed by atoms with Crippen LogP contribution in [-0.4, -0.2) is 53.8 Å². The second-order valence-electron chi connectivity index (χ2n) is 6.43. The van der Waals surface area contributed by atoms with Gasteiger partial charge in [0.25, 0.3) is 0 Å². The Hall–Kier alpha value is -3.00. The number of imide groups is 1. The number of methoxy groups -OCH3 is 2. The molecule has 1 aliphatic rings. The smallest absolute Gasteiger partial charge is 0.336 e. The minimum Gasteiger partial charge on any atom is -0.493 e. The van der Waals surface area contributed by atoms with E-state index in [1.807, 2.05) is 12.1 Å². The van der Waals surface area contributed by atoms with Crippen LogP contribution in [0.2, 0.25) is 0 Å². The highest BCUT2D eigenvalue weighted by molar-refractivity contribution is 8.00. The van der Waals surface area contributed by atoms with E-state index in [4.69, 9.17) is 9.47 Å². The molecule has 1 heterocycles. The number of rotatable bonds is 8. The van der Waals surface area contributed by atoms with Crippen LogP contribution < -0.4 is 9.47 Å². The molecular weight excluding hydrogens is 394 g/mol. The van der Waals surface area contributed by atoms with Crippen LogP contribution in [0.4, 0.5) is 0 Å². The molecule has 0 spiro atoms. The van der Waals surface area contributed by atoms with Gasteiger partial charge in [0.1, 0.15) is 0 Å². The van der Waals surface area contributed by atoms with Crippen LogP contribution in [0.3, 0.4) is 0 Å². The molecule has 0 bridgehead atoms. The predicted molar refractivity (Wildman–Crippen MR) is 108 cm³/mol. The highest BCUT2D eigenvalue weighted by Crippen LogP contribution is 2.34. The number of ether oxygens (including phenoxy) is 2. The maximum absolute atomic E-state index is 12.7. The maximum atomic E-state index is 12.7. The Kier molecular flexibility index (Phi) is 6.43. The Bertz CT molecular complexity index is 945. The second-order valence-corrected chi connectivity index (χ2v) is 7.68. The molecule has 0 aromatic heterocycles. The first-order valence-electron chi connectivity index (χ1n) is 8.98. The highest BCUT2D eigenvalue weighted by Gasteiger charge is 2.39. The van der Waals surface area contributed by atoms with Crippen molar-refractivity contribution in [1.82, 2.24) is 4.90 Å². The van der Waals surface area contributed by atoms with Crippen LogP contribution >= 0.6 is 11.8 Å². The molecule has 1 N–H and O–H groups in total. The van der Waals surface area contributed by atoms with Crippen molar-refractivity contribution in [3.63, 3.8) is 0 Å². The summed E-state index contributed by atoms with van der Waals surface area (Å²) in [6.45, 7) is 0.255. The first kappa shape index (κ1) is 20.7. The zero-order valence-corrected chi connectivity index (χ0v) is 16.9. The third kappa shape index (κ3) is 4.54. The predicted octanol–water partition coefficient (Wildman–Crippen LogP) is 2.86. The summed E-state index contributed by atoms with van der Waals surface area (Å²) in [7, 11) is 3.10. The summed E-state index contributed by atoms with van der Waals surface area (Å²) in [5.74, 6) is -0.405. The summed E-state index contributed by atoms with van der Waals surface area (Å²) in [5, 5.41) is 8.69. The van der Waals surface area contributed by atoms with E-state index in [0.717, 1.165) is 17.3 Å². The number of carboxylic acid groups (broad SMARTS) is 1. The average Bonchev–Trinajstić information content (AvgIpc) is 2.99. The molecule has 1 aliphatic heterocycles. The van der Waals surface area contributed by atoms with E-state index in [2.05, 4.69) is 0 Å². The summed E-state index contributed by atoms with van der Waals surface area (Å²) in [5.41, 5.74) is 1.04. The van der Waals surface area contributed by atoms with E-state index in [1.165, 1.54) is 11.0 Å². The monoisotopic (exact) mass is 415 g/mol. The lowest BCUT2D eigenvalue weighted by Gasteiger charge is -2.16. The van der Waals surface area contributed by atoms with E-state index < -0.39 is 11.2 Å². The van der Waals surface area contributed by atoms with Crippen molar-refractivity contribution in [2.24, 2.45) is 0 Å². The van der Waals surface area contributed by atoms with Gasteiger partial charge in [-0.3, -0.25) is 14.5 Å². The lowest BCUT2D eigenvalue weighted by Crippen LogP contribution is -2.33. The van der Waals surface area contributed by atoms with Gasteiger partial charge in [-0.05, 0) is 36.2 Å². The average molecular weight is 415 g/mol. The number of amides is 2. The number of hydrogen-bond donors (Lipinski definition) is 1. The third-order valence-electron chi connectivity index (χ3n) is 4.66. The Morgan fingerprint density at radius 1 is 1.14 bits per heavy atom. The van der Waals surface area contributed by atoms with Gasteiger partial charge in [0.15, 0.2) is 11.5 Å². The Morgan fingerprint density at radius 3 is 2.55 bits per heavy atom. The van der Waals surface area contributed by atoms with Crippen molar-refractivity contribution in [2.45, 2.75) is 23.0 Å². The number of carboxylic acids is 1. The topological polar surface area (TPSA) is 93.1 Å². The van der Waals surface area contributed by atoms with Crippen LogP contribution in [0.1, 0.15) is 22.3 Å². The van der Waals surface area contributed by atoms with Crippen LogP contribution in [0.15, 0.2) is 47.4 Å². The molecule has 1 fully saturated rings. The Morgan fingerprint density at radius 2 is 1.86 bits per heavy atom. The number of likely N-dealkylation sites (tertiary alicyclic amines) is 1. The molecule has 29 heavy (non-hydrogen) atoms. The van der Waals surface area contributed by atoms with Crippen molar-refractivity contribution >= 4 is 29.5 Å². The summed E-state index contributed by atoms with van der Waals surface area (Å²) < 4.78 is 10.5.